The van der Waals surface area contributed by atoms with E-state index in [1.54, 1.807) is 0 Å². The predicted molar refractivity (Wildman–Crippen MR) is 95.4 cm³/mol. The van der Waals surface area contributed by atoms with Gasteiger partial charge < -0.3 is 5.73 Å². The van der Waals surface area contributed by atoms with Crippen LogP contribution in [0, 0.1) is 0 Å². The standard InChI is InChI=1S/C17H17BrClN3/c18-14(19)8-10-3-4-12-11(7-10)15-13(9-21-12)22-16(20)17(15)5-1-2-6-17/h3-4,7,9,14H,1-2,5-6,8H2,(H2,20,22). The summed E-state index contributed by atoms with van der Waals surface area (Å²) in [6, 6.07) is 6.39. The van der Waals surface area contributed by atoms with Gasteiger partial charge in [-0.3, -0.25) is 4.98 Å². The van der Waals surface area contributed by atoms with E-state index >= 15 is 0 Å². The van der Waals surface area contributed by atoms with Crippen LogP contribution in [0.15, 0.2) is 29.4 Å². The van der Waals surface area contributed by atoms with Gasteiger partial charge in [0.1, 0.15) is 5.84 Å². The largest absolute Gasteiger partial charge is 0.386 e. The van der Waals surface area contributed by atoms with Gasteiger partial charge in [-0.1, -0.05) is 34.8 Å². The van der Waals surface area contributed by atoms with Crippen molar-refractivity contribution in [3.05, 3.63) is 35.5 Å². The Balaban J connectivity index is 1.94. The summed E-state index contributed by atoms with van der Waals surface area (Å²) < 4.78 is -0.0589. The normalized spacial score (nSPS) is 20.4. The molecule has 1 spiro atoms. The van der Waals surface area contributed by atoms with E-state index in [-0.39, 0.29) is 9.70 Å². The minimum Gasteiger partial charge on any atom is -0.386 e. The zero-order valence-corrected chi connectivity index (χ0v) is 14.5. The second-order valence-corrected chi connectivity index (χ2v) is 8.41. The average Bonchev–Trinajstić information content (AvgIpc) is 3.06. The van der Waals surface area contributed by atoms with Crippen LogP contribution in [0.3, 0.4) is 0 Å². The highest BCUT2D eigenvalue weighted by molar-refractivity contribution is 9.10. The lowest BCUT2D eigenvalue weighted by Crippen LogP contribution is -2.36. The molecule has 1 saturated carbocycles. The summed E-state index contributed by atoms with van der Waals surface area (Å²) in [6.07, 6.45) is 7.26. The summed E-state index contributed by atoms with van der Waals surface area (Å²) in [5, 5.41) is 1.19. The molecule has 0 radical (unpaired) electrons. The van der Waals surface area contributed by atoms with Crippen molar-refractivity contribution in [2.24, 2.45) is 10.7 Å². The second-order valence-electron chi connectivity index (χ2n) is 6.25. The van der Waals surface area contributed by atoms with E-state index in [0.717, 1.165) is 36.3 Å². The molecule has 114 valence electrons. The summed E-state index contributed by atoms with van der Waals surface area (Å²) >= 11 is 9.50. The van der Waals surface area contributed by atoms with E-state index in [1.807, 2.05) is 6.20 Å². The van der Waals surface area contributed by atoms with Crippen LogP contribution in [0.4, 0.5) is 5.69 Å². The number of aliphatic imine (C=N–C) groups is 1. The molecule has 1 unspecified atom stereocenters. The quantitative estimate of drug-likeness (QED) is 0.779. The summed E-state index contributed by atoms with van der Waals surface area (Å²) in [6.45, 7) is 0. The summed E-state index contributed by atoms with van der Waals surface area (Å²) in [7, 11) is 0. The molecule has 2 N–H and O–H groups in total. The molecule has 0 bridgehead atoms. The average molecular weight is 379 g/mol. The third-order valence-electron chi connectivity index (χ3n) is 4.97. The van der Waals surface area contributed by atoms with Gasteiger partial charge in [0.05, 0.1) is 27.1 Å². The number of aromatic nitrogens is 1. The first-order chi connectivity index (χ1) is 10.6. The lowest BCUT2D eigenvalue weighted by atomic mass is 9.77. The lowest BCUT2D eigenvalue weighted by molar-refractivity contribution is 0.612. The van der Waals surface area contributed by atoms with Gasteiger partial charge in [0.15, 0.2) is 0 Å². The van der Waals surface area contributed by atoms with Gasteiger partial charge in [0.2, 0.25) is 0 Å². The number of alkyl halides is 2. The van der Waals surface area contributed by atoms with Gasteiger partial charge in [0.25, 0.3) is 0 Å². The Labute approximate surface area is 143 Å². The Bertz CT molecular complexity index is 779. The van der Waals surface area contributed by atoms with E-state index in [4.69, 9.17) is 17.3 Å². The predicted octanol–water partition coefficient (Wildman–Crippen LogP) is 4.55. The van der Waals surface area contributed by atoms with Crippen molar-refractivity contribution in [3.8, 4) is 0 Å². The fourth-order valence-electron chi connectivity index (χ4n) is 3.97. The van der Waals surface area contributed by atoms with E-state index in [1.165, 1.54) is 29.4 Å². The van der Waals surface area contributed by atoms with Crippen molar-refractivity contribution >= 4 is 50.0 Å². The fraction of sp³-hybridized carbons (Fsp3) is 0.412. The molecule has 0 amide bonds. The van der Waals surface area contributed by atoms with Crippen molar-refractivity contribution in [3.63, 3.8) is 0 Å². The molecule has 5 heteroatoms. The molecule has 22 heavy (non-hydrogen) atoms. The molecule has 4 rings (SSSR count). The van der Waals surface area contributed by atoms with Crippen LogP contribution in [0.2, 0.25) is 0 Å². The highest BCUT2D eigenvalue weighted by Crippen LogP contribution is 2.51. The Hall–Kier alpha value is -1.13. The van der Waals surface area contributed by atoms with Gasteiger partial charge >= 0.3 is 0 Å². The topological polar surface area (TPSA) is 51.3 Å². The number of rotatable bonds is 2. The number of fused-ring (bicyclic) bond motifs is 4. The Morgan fingerprint density at radius 3 is 2.82 bits per heavy atom. The fourth-order valence-corrected chi connectivity index (χ4v) is 4.52. The molecule has 1 atom stereocenters. The molecule has 1 aliphatic heterocycles. The maximum Gasteiger partial charge on any atom is 0.110 e. The summed E-state index contributed by atoms with van der Waals surface area (Å²) in [5.41, 5.74) is 10.7. The lowest BCUT2D eigenvalue weighted by Gasteiger charge is -2.25. The zero-order chi connectivity index (χ0) is 15.3. The molecule has 0 saturated heterocycles. The van der Waals surface area contributed by atoms with Crippen molar-refractivity contribution < 1.29 is 0 Å². The first-order valence-corrected chi connectivity index (χ1v) is 9.00. The minimum atomic E-state index is -0.0656. The Morgan fingerprint density at radius 2 is 2.09 bits per heavy atom. The Kier molecular flexibility index (Phi) is 3.42. The number of nitrogens with two attached hydrogens (primary N) is 1. The van der Waals surface area contributed by atoms with Crippen LogP contribution < -0.4 is 5.73 Å². The number of pyridine rings is 1. The van der Waals surface area contributed by atoms with Gasteiger partial charge in [-0.05, 0) is 37.0 Å². The van der Waals surface area contributed by atoms with Crippen molar-refractivity contribution in [2.45, 2.75) is 41.8 Å². The molecule has 1 aliphatic carbocycles. The zero-order valence-electron chi connectivity index (χ0n) is 12.1. The maximum atomic E-state index is 6.33. The van der Waals surface area contributed by atoms with Crippen LogP contribution >= 0.6 is 27.5 Å². The molecule has 1 fully saturated rings. The molecular formula is C17H17BrClN3. The van der Waals surface area contributed by atoms with Crippen molar-refractivity contribution in [1.29, 1.82) is 0 Å². The third-order valence-corrected chi connectivity index (χ3v) is 5.45. The summed E-state index contributed by atoms with van der Waals surface area (Å²) in [4.78, 5) is 9.18. The van der Waals surface area contributed by atoms with E-state index < -0.39 is 0 Å². The highest BCUT2D eigenvalue weighted by atomic mass is 79.9. The Morgan fingerprint density at radius 1 is 1.32 bits per heavy atom. The van der Waals surface area contributed by atoms with Gasteiger partial charge in [-0.2, -0.15) is 0 Å². The third kappa shape index (κ3) is 2.08. The molecule has 1 aromatic carbocycles. The second kappa shape index (κ2) is 5.20. The number of amidine groups is 1. The van der Waals surface area contributed by atoms with Gasteiger partial charge in [-0.25, -0.2) is 4.99 Å². The first kappa shape index (κ1) is 14.5. The van der Waals surface area contributed by atoms with Crippen LogP contribution in [0.5, 0.6) is 0 Å². The molecule has 2 aromatic rings. The minimum absolute atomic E-state index is 0.0589. The van der Waals surface area contributed by atoms with Crippen molar-refractivity contribution in [2.75, 3.05) is 0 Å². The van der Waals surface area contributed by atoms with E-state index in [9.17, 15) is 0 Å². The molecule has 2 heterocycles. The summed E-state index contributed by atoms with van der Waals surface area (Å²) in [5.74, 6) is 0.774. The van der Waals surface area contributed by atoms with E-state index in [2.05, 4.69) is 44.1 Å². The van der Waals surface area contributed by atoms with Gasteiger partial charge in [0, 0.05) is 10.9 Å². The first-order valence-electron chi connectivity index (χ1n) is 7.65. The molecule has 3 nitrogen and oxygen atoms in total. The number of hydrogen-bond acceptors (Lipinski definition) is 3. The number of halogens is 2. The van der Waals surface area contributed by atoms with Gasteiger partial charge in [-0.15, -0.1) is 11.6 Å². The maximum absolute atomic E-state index is 6.33. The number of hydrogen-bond donors (Lipinski definition) is 1. The number of nitrogens with zero attached hydrogens (tertiary/aromatic N) is 2. The SMILES string of the molecule is NC1=Nc2cnc3ccc(CC(Cl)Br)cc3c2C12CCCC2. The van der Waals surface area contributed by atoms with Crippen LogP contribution in [0.1, 0.15) is 36.8 Å². The van der Waals surface area contributed by atoms with Crippen LogP contribution in [0.25, 0.3) is 10.9 Å². The molecule has 2 aliphatic rings. The van der Waals surface area contributed by atoms with Crippen molar-refractivity contribution in [1.82, 2.24) is 4.98 Å². The highest BCUT2D eigenvalue weighted by Gasteiger charge is 2.45. The van der Waals surface area contributed by atoms with E-state index in [0.29, 0.717) is 0 Å². The number of benzene rings is 1. The van der Waals surface area contributed by atoms with Crippen LogP contribution in [-0.2, 0) is 11.8 Å². The van der Waals surface area contributed by atoms with Crippen LogP contribution in [-0.4, -0.2) is 15.1 Å². The molecular weight excluding hydrogens is 362 g/mol. The monoisotopic (exact) mass is 377 g/mol. The molecule has 1 aromatic heterocycles. The smallest absolute Gasteiger partial charge is 0.110 e.